The number of carbonyl (C=O) groups excluding carboxylic acids is 1. The van der Waals surface area contributed by atoms with Crippen molar-refractivity contribution in [2.24, 2.45) is 0 Å². The molecule has 5 nitrogen and oxygen atoms in total. The largest absolute Gasteiger partial charge is 0.337 e. The maximum Gasteiger partial charge on any atom is 0.269 e. The topological polar surface area (TPSA) is 63.5 Å². The number of aryl methyl sites for hydroxylation is 1. The Morgan fingerprint density at radius 2 is 2.28 bits per heavy atom. The van der Waals surface area contributed by atoms with Crippen LogP contribution in [0.15, 0.2) is 18.2 Å². The fraction of sp³-hybridized carbons (Fsp3) is 0.417. The number of rotatable bonds is 2. The zero-order valence-corrected chi connectivity index (χ0v) is 10.7. The highest BCUT2D eigenvalue weighted by Crippen LogP contribution is 2.22. The highest BCUT2D eigenvalue weighted by molar-refractivity contribution is 6.21. The molecule has 1 heterocycles. The monoisotopic (exact) mass is 268 g/mol. The van der Waals surface area contributed by atoms with Crippen LogP contribution in [0, 0.1) is 17.0 Å². The van der Waals surface area contributed by atoms with Crippen molar-refractivity contribution in [3.8, 4) is 0 Å². The van der Waals surface area contributed by atoms with Gasteiger partial charge in [0.1, 0.15) is 0 Å². The van der Waals surface area contributed by atoms with E-state index >= 15 is 0 Å². The van der Waals surface area contributed by atoms with Crippen molar-refractivity contribution in [2.45, 2.75) is 18.7 Å². The fourth-order valence-electron chi connectivity index (χ4n) is 2.07. The summed E-state index contributed by atoms with van der Waals surface area (Å²) in [4.78, 5) is 24.0. The van der Waals surface area contributed by atoms with Gasteiger partial charge in [-0.1, -0.05) is 0 Å². The fourth-order valence-corrected chi connectivity index (χ4v) is 2.34. The summed E-state index contributed by atoms with van der Waals surface area (Å²) in [6.45, 7) is 2.88. The molecule has 18 heavy (non-hydrogen) atoms. The Balaban J connectivity index is 2.23. The van der Waals surface area contributed by atoms with E-state index in [2.05, 4.69) is 0 Å². The van der Waals surface area contributed by atoms with Gasteiger partial charge in [0.05, 0.1) is 10.3 Å². The second kappa shape index (κ2) is 4.94. The molecular formula is C12H13ClN2O3. The van der Waals surface area contributed by atoms with Crippen LogP contribution in [0.2, 0.25) is 0 Å². The predicted octanol–water partition coefficient (Wildman–Crippen LogP) is 2.36. The maximum absolute atomic E-state index is 12.2. The lowest BCUT2D eigenvalue weighted by atomic mass is 10.1. The van der Waals surface area contributed by atoms with Crippen LogP contribution >= 0.6 is 11.6 Å². The Kier molecular flexibility index (Phi) is 3.52. The highest BCUT2D eigenvalue weighted by Gasteiger charge is 2.26. The van der Waals surface area contributed by atoms with Gasteiger partial charge in [-0.25, -0.2) is 0 Å². The van der Waals surface area contributed by atoms with Crippen LogP contribution in [0.5, 0.6) is 0 Å². The molecule has 1 aromatic carbocycles. The van der Waals surface area contributed by atoms with Crippen LogP contribution in [0.4, 0.5) is 5.69 Å². The number of hydrogen-bond acceptors (Lipinski definition) is 3. The van der Waals surface area contributed by atoms with Gasteiger partial charge >= 0.3 is 0 Å². The number of carbonyl (C=O) groups is 1. The summed E-state index contributed by atoms with van der Waals surface area (Å²) < 4.78 is 0. The first kappa shape index (κ1) is 12.8. The lowest BCUT2D eigenvalue weighted by Gasteiger charge is -2.16. The molecule has 0 spiro atoms. The molecule has 1 unspecified atom stereocenters. The van der Waals surface area contributed by atoms with Crippen molar-refractivity contribution >= 4 is 23.2 Å². The lowest BCUT2D eigenvalue weighted by Crippen LogP contribution is -2.29. The number of nitro groups is 1. The third-order valence-corrected chi connectivity index (χ3v) is 3.43. The standard InChI is InChI=1S/C12H13ClN2O3/c1-8-6-10(15(17)18)2-3-11(8)12(16)14-5-4-9(13)7-14/h2-3,6,9H,4-5,7H2,1H3. The SMILES string of the molecule is Cc1cc([N+](=O)[O-])ccc1C(=O)N1CCC(Cl)C1. The van der Waals surface area contributed by atoms with E-state index in [-0.39, 0.29) is 17.0 Å². The minimum atomic E-state index is -0.466. The average molecular weight is 269 g/mol. The van der Waals surface area contributed by atoms with Crippen LogP contribution in [0.3, 0.4) is 0 Å². The first-order valence-corrected chi connectivity index (χ1v) is 6.11. The molecule has 1 fully saturated rings. The number of likely N-dealkylation sites (tertiary alicyclic amines) is 1. The van der Waals surface area contributed by atoms with Gasteiger partial charge in [0.2, 0.25) is 0 Å². The molecule has 1 atom stereocenters. The summed E-state index contributed by atoms with van der Waals surface area (Å²) in [7, 11) is 0. The molecule has 1 aliphatic heterocycles. The number of nitro benzene ring substituents is 1. The van der Waals surface area contributed by atoms with Crippen molar-refractivity contribution in [3.63, 3.8) is 0 Å². The molecule has 1 amide bonds. The smallest absolute Gasteiger partial charge is 0.269 e. The molecule has 0 saturated carbocycles. The lowest BCUT2D eigenvalue weighted by molar-refractivity contribution is -0.384. The van der Waals surface area contributed by atoms with Gasteiger partial charge in [-0.05, 0) is 25.0 Å². The van der Waals surface area contributed by atoms with Gasteiger partial charge < -0.3 is 4.90 Å². The van der Waals surface area contributed by atoms with Crippen LogP contribution in [0.1, 0.15) is 22.3 Å². The van der Waals surface area contributed by atoms with E-state index in [1.165, 1.54) is 18.2 Å². The van der Waals surface area contributed by atoms with Crippen molar-refractivity contribution < 1.29 is 9.72 Å². The number of halogens is 1. The van der Waals surface area contributed by atoms with E-state index in [4.69, 9.17) is 11.6 Å². The number of nitrogens with zero attached hydrogens (tertiary/aromatic N) is 2. The summed E-state index contributed by atoms with van der Waals surface area (Å²) in [6, 6.07) is 4.29. The molecule has 96 valence electrons. The number of alkyl halides is 1. The number of non-ortho nitro benzene ring substituents is 1. The molecule has 0 radical (unpaired) electrons. The summed E-state index contributed by atoms with van der Waals surface area (Å²) in [5.41, 5.74) is 1.12. The Morgan fingerprint density at radius 3 is 2.78 bits per heavy atom. The minimum Gasteiger partial charge on any atom is -0.337 e. The molecule has 0 aromatic heterocycles. The molecular weight excluding hydrogens is 256 g/mol. The third-order valence-electron chi connectivity index (χ3n) is 3.07. The first-order chi connectivity index (χ1) is 8.49. The molecule has 1 aromatic rings. The third kappa shape index (κ3) is 2.46. The van der Waals surface area contributed by atoms with E-state index < -0.39 is 4.92 Å². The molecule has 2 rings (SSSR count). The van der Waals surface area contributed by atoms with Crippen molar-refractivity contribution in [1.29, 1.82) is 0 Å². The van der Waals surface area contributed by atoms with Crippen molar-refractivity contribution in [2.75, 3.05) is 13.1 Å². The quantitative estimate of drug-likeness (QED) is 0.470. The molecule has 0 N–H and O–H groups in total. The zero-order valence-electron chi connectivity index (χ0n) is 9.93. The van der Waals surface area contributed by atoms with Crippen LogP contribution in [0.25, 0.3) is 0 Å². The number of hydrogen-bond donors (Lipinski definition) is 0. The van der Waals surface area contributed by atoms with E-state index in [9.17, 15) is 14.9 Å². The van der Waals surface area contributed by atoms with E-state index in [1.54, 1.807) is 11.8 Å². The summed E-state index contributed by atoms with van der Waals surface area (Å²) >= 11 is 5.96. The Labute approximate surface area is 109 Å². The number of benzene rings is 1. The Bertz CT molecular complexity index is 504. The molecule has 0 aliphatic carbocycles. The van der Waals surface area contributed by atoms with E-state index in [0.29, 0.717) is 24.2 Å². The zero-order chi connectivity index (χ0) is 13.3. The normalized spacial score (nSPS) is 19.0. The Morgan fingerprint density at radius 1 is 1.56 bits per heavy atom. The maximum atomic E-state index is 12.2. The van der Waals surface area contributed by atoms with Gasteiger partial charge in [-0.2, -0.15) is 0 Å². The second-order valence-electron chi connectivity index (χ2n) is 4.39. The van der Waals surface area contributed by atoms with Crippen LogP contribution in [-0.2, 0) is 0 Å². The van der Waals surface area contributed by atoms with Crippen LogP contribution in [-0.4, -0.2) is 34.2 Å². The van der Waals surface area contributed by atoms with Crippen molar-refractivity contribution in [1.82, 2.24) is 4.90 Å². The predicted molar refractivity (Wildman–Crippen MR) is 68.0 cm³/mol. The van der Waals surface area contributed by atoms with Gasteiger partial charge in [0.15, 0.2) is 0 Å². The van der Waals surface area contributed by atoms with Crippen LogP contribution < -0.4 is 0 Å². The summed E-state index contributed by atoms with van der Waals surface area (Å²) in [5, 5.41) is 10.6. The summed E-state index contributed by atoms with van der Waals surface area (Å²) in [5.74, 6) is -0.106. The molecule has 0 bridgehead atoms. The number of amides is 1. The molecule has 6 heteroatoms. The second-order valence-corrected chi connectivity index (χ2v) is 5.01. The van der Waals surface area contributed by atoms with Gasteiger partial charge in [-0.15, -0.1) is 11.6 Å². The molecule has 1 aliphatic rings. The Hall–Kier alpha value is -1.62. The average Bonchev–Trinajstić information content (AvgIpc) is 2.74. The van der Waals surface area contributed by atoms with Gasteiger partial charge in [0.25, 0.3) is 11.6 Å². The van der Waals surface area contributed by atoms with E-state index in [1.807, 2.05) is 0 Å². The molecule has 1 saturated heterocycles. The van der Waals surface area contributed by atoms with Gasteiger partial charge in [-0.3, -0.25) is 14.9 Å². The van der Waals surface area contributed by atoms with Gasteiger partial charge in [0, 0.05) is 30.8 Å². The van der Waals surface area contributed by atoms with E-state index in [0.717, 1.165) is 6.42 Å². The highest BCUT2D eigenvalue weighted by atomic mass is 35.5. The first-order valence-electron chi connectivity index (χ1n) is 5.67. The van der Waals surface area contributed by atoms with Crippen molar-refractivity contribution in [3.05, 3.63) is 39.4 Å². The summed E-state index contributed by atoms with van der Waals surface area (Å²) in [6.07, 6.45) is 0.791. The minimum absolute atomic E-state index is 0.000641.